The van der Waals surface area contributed by atoms with Crippen LogP contribution in [0.25, 0.3) is 0 Å². The highest BCUT2D eigenvalue weighted by atomic mass is 31.1. The topological polar surface area (TPSA) is 21.3 Å². The summed E-state index contributed by atoms with van der Waals surface area (Å²) in [5.74, 6) is 0.598. The molecule has 0 saturated carbocycles. The third-order valence-electron chi connectivity index (χ3n) is 2.97. The number of hydrogen-bond acceptors (Lipinski definition) is 2. The van der Waals surface area contributed by atoms with Crippen molar-refractivity contribution in [3.05, 3.63) is 35.9 Å². The van der Waals surface area contributed by atoms with E-state index < -0.39 is 0 Å². The molecule has 1 N–H and O–H groups in total. The van der Waals surface area contributed by atoms with Gasteiger partial charge in [-0.2, -0.15) is 0 Å². The molecular formula is C13H22NOP. The molecule has 0 aliphatic heterocycles. The minimum atomic E-state index is 0.134. The Morgan fingerprint density at radius 2 is 1.88 bits per heavy atom. The number of hydrogen-bond donors (Lipinski definition) is 1. The van der Waals surface area contributed by atoms with Crippen molar-refractivity contribution in [2.24, 2.45) is 5.92 Å². The molecule has 0 radical (unpaired) electrons. The predicted octanol–water partition coefficient (Wildman–Crippen LogP) is 3.74. The van der Waals surface area contributed by atoms with Crippen LogP contribution in [-0.4, -0.2) is 5.54 Å². The lowest BCUT2D eigenvalue weighted by molar-refractivity contribution is 0.305. The molecule has 1 rings (SSSR count). The van der Waals surface area contributed by atoms with Crippen LogP contribution in [0.3, 0.4) is 0 Å². The summed E-state index contributed by atoms with van der Waals surface area (Å²) in [5.41, 5.74) is 1.36. The molecule has 0 spiro atoms. The maximum atomic E-state index is 5.62. The van der Waals surface area contributed by atoms with Crippen molar-refractivity contribution in [2.45, 2.75) is 39.8 Å². The Kier molecular flexibility index (Phi) is 5.40. The van der Waals surface area contributed by atoms with E-state index in [1.807, 2.05) is 18.2 Å². The van der Waals surface area contributed by atoms with Gasteiger partial charge in [0, 0.05) is 5.54 Å². The first-order valence-corrected chi connectivity index (χ1v) is 6.61. The highest BCUT2D eigenvalue weighted by Crippen LogP contribution is 2.22. The van der Waals surface area contributed by atoms with Gasteiger partial charge in [-0.25, -0.2) is 0 Å². The fourth-order valence-electron chi connectivity index (χ4n) is 1.01. The van der Waals surface area contributed by atoms with Crippen LogP contribution in [0.15, 0.2) is 30.3 Å². The van der Waals surface area contributed by atoms with Gasteiger partial charge in [-0.1, -0.05) is 44.2 Å². The van der Waals surface area contributed by atoms with Gasteiger partial charge >= 0.3 is 0 Å². The smallest absolute Gasteiger partial charge is 0.0871 e. The summed E-state index contributed by atoms with van der Waals surface area (Å²) in [7, 11) is 0.352. The number of nitrogens with one attached hydrogen (secondary N) is 1. The highest BCUT2D eigenvalue weighted by Gasteiger charge is 2.20. The van der Waals surface area contributed by atoms with Crippen molar-refractivity contribution in [3.8, 4) is 0 Å². The molecule has 0 saturated heterocycles. The third-order valence-corrected chi connectivity index (χ3v) is 4.01. The van der Waals surface area contributed by atoms with Gasteiger partial charge in [0.2, 0.25) is 0 Å². The van der Waals surface area contributed by atoms with Gasteiger partial charge < -0.3 is 4.52 Å². The molecule has 3 heteroatoms. The van der Waals surface area contributed by atoms with Crippen LogP contribution in [0.5, 0.6) is 0 Å². The summed E-state index contributed by atoms with van der Waals surface area (Å²) in [6.07, 6.45) is 0. The van der Waals surface area contributed by atoms with Gasteiger partial charge in [0.25, 0.3) is 0 Å². The average Bonchev–Trinajstić information content (AvgIpc) is 2.26. The molecule has 0 aliphatic rings. The van der Waals surface area contributed by atoms with Crippen LogP contribution >= 0.6 is 8.96 Å². The Morgan fingerprint density at radius 3 is 2.44 bits per heavy atom. The third kappa shape index (κ3) is 4.61. The molecule has 1 aromatic rings. The first kappa shape index (κ1) is 13.6. The van der Waals surface area contributed by atoms with Crippen molar-refractivity contribution in [3.63, 3.8) is 0 Å². The second kappa shape index (κ2) is 6.34. The Morgan fingerprint density at radius 1 is 1.25 bits per heavy atom. The molecule has 0 fully saturated rings. The normalized spacial score (nSPS) is 12.8. The molecule has 2 nitrogen and oxygen atoms in total. The average molecular weight is 239 g/mol. The largest absolute Gasteiger partial charge is 0.342 e. The summed E-state index contributed by atoms with van der Waals surface area (Å²) in [4.78, 5) is 0. The Hall–Kier alpha value is -0.430. The van der Waals surface area contributed by atoms with Crippen LogP contribution < -0.4 is 5.09 Å². The molecule has 0 heterocycles. The van der Waals surface area contributed by atoms with E-state index in [0.717, 1.165) is 0 Å². The first-order valence-electron chi connectivity index (χ1n) is 5.70. The molecule has 1 unspecified atom stereocenters. The van der Waals surface area contributed by atoms with Crippen LogP contribution in [0.1, 0.15) is 33.3 Å². The molecule has 90 valence electrons. The Labute approximate surface area is 101 Å². The zero-order chi connectivity index (χ0) is 12.0. The standard InChI is InChI=1S/C13H22NOP/c1-11(2)13(3,4)14-16-15-10-12-8-6-5-7-9-12/h5-9,11,14,16H,10H2,1-4H3. The molecule has 0 aromatic heterocycles. The van der Waals surface area contributed by atoms with Gasteiger partial charge in [0.15, 0.2) is 0 Å². The molecule has 0 aliphatic carbocycles. The molecular weight excluding hydrogens is 217 g/mol. The van der Waals surface area contributed by atoms with Gasteiger partial charge in [-0.15, -0.1) is 0 Å². The monoisotopic (exact) mass is 239 g/mol. The molecule has 1 atom stereocenters. The second-order valence-electron chi connectivity index (χ2n) is 4.88. The lowest BCUT2D eigenvalue weighted by Gasteiger charge is -2.30. The lowest BCUT2D eigenvalue weighted by Crippen LogP contribution is -2.39. The van der Waals surface area contributed by atoms with Crippen LogP contribution in [-0.2, 0) is 11.1 Å². The van der Waals surface area contributed by atoms with E-state index in [4.69, 9.17) is 4.52 Å². The Balaban J connectivity index is 2.22. The quantitative estimate of drug-likeness (QED) is 0.603. The predicted molar refractivity (Wildman–Crippen MR) is 71.6 cm³/mol. The fourth-order valence-corrected chi connectivity index (χ4v) is 1.87. The maximum absolute atomic E-state index is 5.62. The van der Waals surface area contributed by atoms with E-state index in [2.05, 4.69) is 44.9 Å². The van der Waals surface area contributed by atoms with E-state index in [9.17, 15) is 0 Å². The second-order valence-corrected chi connectivity index (χ2v) is 5.62. The highest BCUT2D eigenvalue weighted by molar-refractivity contribution is 7.29. The van der Waals surface area contributed by atoms with E-state index in [1.54, 1.807) is 0 Å². The van der Waals surface area contributed by atoms with E-state index in [0.29, 0.717) is 21.5 Å². The fraction of sp³-hybridized carbons (Fsp3) is 0.538. The van der Waals surface area contributed by atoms with Crippen molar-refractivity contribution in [2.75, 3.05) is 0 Å². The minimum absolute atomic E-state index is 0.134. The van der Waals surface area contributed by atoms with Crippen molar-refractivity contribution in [1.29, 1.82) is 0 Å². The minimum Gasteiger partial charge on any atom is -0.342 e. The van der Waals surface area contributed by atoms with Gasteiger partial charge in [-0.05, 0) is 25.3 Å². The SMILES string of the molecule is CC(C)C(C)(C)NPOCc1ccccc1. The maximum Gasteiger partial charge on any atom is 0.0871 e. The van der Waals surface area contributed by atoms with Crippen molar-refractivity contribution >= 4 is 8.96 Å². The summed E-state index contributed by atoms with van der Waals surface area (Å²) < 4.78 is 5.62. The molecule has 0 bridgehead atoms. The van der Waals surface area contributed by atoms with Crippen LogP contribution in [0.4, 0.5) is 0 Å². The first-order chi connectivity index (χ1) is 7.52. The Bertz CT molecular complexity index is 298. The van der Waals surface area contributed by atoms with Crippen molar-refractivity contribution < 1.29 is 4.52 Å². The van der Waals surface area contributed by atoms with E-state index in [-0.39, 0.29) is 5.54 Å². The van der Waals surface area contributed by atoms with Crippen LogP contribution in [0.2, 0.25) is 0 Å². The molecule has 0 amide bonds. The van der Waals surface area contributed by atoms with Crippen LogP contribution in [0, 0.1) is 5.92 Å². The summed E-state index contributed by atoms with van der Waals surface area (Å²) >= 11 is 0. The summed E-state index contributed by atoms with van der Waals surface area (Å²) in [6, 6.07) is 10.3. The summed E-state index contributed by atoms with van der Waals surface area (Å²) in [6.45, 7) is 9.52. The van der Waals surface area contributed by atoms with E-state index in [1.165, 1.54) is 5.56 Å². The number of benzene rings is 1. The van der Waals surface area contributed by atoms with Crippen molar-refractivity contribution in [1.82, 2.24) is 5.09 Å². The number of rotatable bonds is 6. The summed E-state index contributed by atoms with van der Waals surface area (Å²) in [5, 5.41) is 3.43. The molecule has 16 heavy (non-hydrogen) atoms. The van der Waals surface area contributed by atoms with Gasteiger partial charge in [-0.3, -0.25) is 5.09 Å². The van der Waals surface area contributed by atoms with Gasteiger partial charge in [0.05, 0.1) is 15.6 Å². The van der Waals surface area contributed by atoms with E-state index >= 15 is 0 Å². The van der Waals surface area contributed by atoms with Gasteiger partial charge in [0.1, 0.15) is 0 Å². The zero-order valence-electron chi connectivity index (χ0n) is 10.6. The lowest BCUT2D eigenvalue weighted by atomic mass is 9.92. The zero-order valence-corrected chi connectivity index (χ0v) is 11.6. The molecule has 1 aromatic carbocycles.